The van der Waals surface area contributed by atoms with Gasteiger partial charge in [-0.25, -0.2) is 10.3 Å². The van der Waals surface area contributed by atoms with Crippen LogP contribution in [0.3, 0.4) is 0 Å². The Morgan fingerprint density at radius 2 is 2.22 bits per heavy atom. The van der Waals surface area contributed by atoms with Crippen molar-refractivity contribution in [2.24, 2.45) is 15.8 Å². The Balaban J connectivity index is 2.06. The van der Waals surface area contributed by atoms with Crippen molar-refractivity contribution in [1.29, 1.82) is 0 Å². The maximum Gasteiger partial charge on any atom is 0.411 e. The number of nitrogens with one attached hydrogen (secondary N) is 1. The highest BCUT2D eigenvalue weighted by atomic mass is 16.6. The van der Waals surface area contributed by atoms with Gasteiger partial charge in [-0.2, -0.15) is 0 Å². The molecule has 2 aliphatic rings. The quantitative estimate of drug-likeness (QED) is 0.465. The predicted octanol–water partition coefficient (Wildman–Crippen LogP) is 1.41. The van der Waals surface area contributed by atoms with E-state index in [1.54, 1.807) is 22.2 Å². The van der Waals surface area contributed by atoms with Crippen LogP contribution in [0.1, 0.15) is 40.5 Å². The summed E-state index contributed by atoms with van der Waals surface area (Å²) in [6, 6.07) is 0. The van der Waals surface area contributed by atoms with Crippen LogP contribution in [0, 0.1) is 0 Å². The number of rotatable bonds is 3. The summed E-state index contributed by atoms with van der Waals surface area (Å²) in [6.07, 6.45) is 6.57. The van der Waals surface area contributed by atoms with Crippen LogP contribution in [0.4, 0.5) is 4.79 Å². The third kappa shape index (κ3) is 4.14. The van der Waals surface area contributed by atoms with E-state index in [0.717, 1.165) is 12.8 Å². The number of amides is 1. The average Bonchev–Trinajstić information content (AvgIpc) is 2.87. The number of aliphatic imine (C=N–C) groups is 1. The second-order valence-corrected chi connectivity index (χ2v) is 6.89. The number of carbonyl (C=O) groups excluding carboxylic acids is 1. The highest BCUT2D eigenvalue weighted by Crippen LogP contribution is 2.30. The number of likely N-dealkylation sites (tertiary alicyclic amines) is 1. The largest absolute Gasteiger partial charge is 0.444 e. The van der Waals surface area contributed by atoms with Crippen molar-refractivity contribution in [3.05, 3.63) is 12.3 Å². The molecule has 0 aromatic rings. The molecule has 0 bridgehead atoms. The number of nitrogens with two attached hydrogens (primary N) is 1. The SMILES string of the molecule is CC(C)(C)OC(=O)N1CCCC1(C)C(N)=NNN1C=CC=NC1. The number of amidine groups is 1. The fourth-order valence-electron chi connectivity index (χ4n) is 2.53. The first-order valence-corrected chi connectivity index (χ1v) is 7.75. The lowest BCUT2D eigenvalue weighted by atomic mass is 9.98. The molecule has 0 aromatic heterocycles. The highest BCUT2D eigenvalue weighted by Gasteiger charge is 2.44. The van der Waals surface area contributed by atoms with Gasteiger partial charge in [0.2, 0.25) is 0 Å². The van der Waals surface area contributed by atoms with Crippen LogP contribution in [-0.4, -0.2) is 52.4 Å². The Bertz CT molecular complexity index is 537. The molecule has 0 aromatic carbocycles. The number of hydrazine groups is 1. The van der Waals surface area contributed by atoms with E-state index in [0.29, 0.717) is 19.0 Å². The van der Waals surface area contributed by atoms with E-state index in [9.17, 15) is 4.79 Å². The molecule has 1 saturated heterocycles. The lowest BCUT2D eigenvalue weighted by Crippen LogP contribution is -2.55. The van der Waals surface area contributed by atoms with Crippen LogP contribution >= 0.6 is 0 Å². The number of carbonyl (C=O) groups is 1. The van der Waals surface area contributed by atoms with Crippen LogP contribution in [0.5, 0.6) is 0 Å². The third-order valence-electron chi connectivity index (χ3n) is 3.80. The summed E-state index contributed by atoms with van der Waals surface area (Å²) >= 11 is 0. The summed E-state index contributed by atoms with van der Waals surface area (Å²) < 4.78 is 5.48. The van der Waals surface area contributed by atoms with E-state index in [1.165, 1.54) is 0 Å². The maximum absolute atomic E-state index is 12.4. The van der Waals surface area contributed by atoms with Gasteiger partial charge in [-0.05, 0) is 46.6 Å². The van der Waals surface area contributed by atoms with Crippen LogP contribution in [-0.2, 0) is 4.74 Å². The van der Waals surface area contributed by atoms with Crippen molar-refractivity contribution < 1.29 is 9.53 Å². The van der Waals surface area contributed by atoms with Gasteiger partial charge in [0.05, 0.1) is 0 Å². The fourth-order valence-corrected chi connectivity index (χ4v) is 2.53. The summed E-state index contributed by atoms with van der Waals surface area (Å²) in [5, 5.41) is 5.92. The van der Waals surface area contributed by atoms with Crippen molar-refractivity contribution in [1.82, 2.24) is 15.4 Å². The molecule has 128 valence electrons. The molecule has 1 fully saturated rings. The Hall–Kier alpha value is -2.25. The first-order chi connectivity index (χ1) is 10.7. The molecule has 0 spiro atoms. The molecular weight excluding hydrogens is 296 g/mol. The Kier molecular flexibility index (Phi) is 4.82. The number of allylic oxidation sites excluding steroid dienone is 1. The van der Waals surface area contributed by atoms with Crippen molar-refractivity contribution in [3.8, 4) is 0 Å². The van der Waals surface area contributed by atoms with E-state index < -0.39 is 11.1 Å². The summed E-state index contributed by atoms with van der Waals surface area (Å²) in [4.78, 5) is 18.2. The van der Waals surface area contributed by atoms with Crippen molar-refractivity contribution in [3.63, 3.8) is 0 Å². The van der Waals surface area contributed by atoms with Gasteiger partial charge >= 0.3 is 6.09 Å². The molecule has 1 amide bonds. The minimum atomic E-state index is -0.655. The second-order valence-electron chi connectivity index (χ2n) is 6.89. The Morgan fingerprint density at radius 1 is 1.48 bits per heavy atom. The molecule has 2 aliphatic heterocycles. The Labute approximate surface area is 137 Å². The molecule has 8 nitrogen and oxygen atoms in total. The normalized spacial score (nSPS) is 25.0. The average molecular weight is 322 g/mol. The zero-order valence-electron chi connectivity index (χ0n) is 14.2. The lowest BCUT2D eigenvalue weighted by Gasteiger charge is -2.35. The van der Waals surface area contributed by atoms with Gasteiger partial charge in [-0.1, -0.05) is 0 Å². The molecule has 2 rings (SSSR count). The smallest absolute Gasteiger partial charge is 0.411 e. The number of hydrogen-bond acceptors (Lipinski definition) is 6. The molecule has 0 saturated carbocycles. The van der Waals surface area contributed by atoms with Gasteiger partial charge < -0.3 is 10.5 Å². The molecular formula is C15H26N6O2. The lowest BCUT2D eigenvalue weighted by molar-refractivity contribution is 0.0187. The van der Waals surface area contributed by atoms with Gasteiger partial charge in [0, 0.05) is 19.0 Å². The van der Waals surface area contributed by atoms with E-state index >= 15 is 0 Å². The number of ether oxygens (including phenoxy) is 1. The zero-order valence-corrected chi connectivity index (χ0v) is 14.2. The number of hydrogen-bond donors (Lipinski definition) is 2. The van der Waals surface area contributed by atoms with E-state index in [1.807, 2.05) is 33.9 Å². The van der Waals surface area contributed by atoms with Crippen LogP contribution < -0.4 is 11.3 Å². The number of nitrogens with zero attached hydrogens (tertiary/aromatic N) is 4. The fraction of sp³-hybridized carbons (Fsp3) is 0.667. The predicted molar refractivity (Wildman–Crippen MR) is 89.7 cm³/mol. The van der Waals surface area contributed by atoms with Gasteiger partial charge in [-0.15, -0.1) is 5.10 Å². The molecule has 1 unspecified atom stereocenters. The topological polar surface area (TPSA) is 95.5 Å². The van der Waals surface area contributed by atoms with Gasteiger partial charge in [0.25, 0.3) is 0 Å². The van der Waals surface area contributed by atoms with E-state index in [4.69, 9.17) is 10.5 Å². The summed E-state index contributed by atoms with van der Waals surface area (Å²) in [7, 11) is 0. The highest BCUT2D eigenvalue weighted by molar-refractivity contribution is 5.93. The summed E-state index contributed by atoms with van der Waals surface area (Å²) in [5.41, 5.74) is 7.82. The zero-order chi connectivity index (χ0) is 17.1. The monoisotopic (exact) mass is 322 g/mol. The first kappa shape index (κ1) is 17.1. The molecule has 1 atom stereocenters. The van der Waals surface area contributed by atoms with Gasteiger partial charge in [0.15, 0.2) is 0 Å². The van der Waals surface area contributed by atoms with E-state index in [-0.39, 0.29) is 6.09 Å². The molecule has 0 aliphatic carbocycles. The Morgan fingerprint density at radius 3 is 2.83 bits per heavy atom. The van der Waals surface area contributed by atoms with Gasteiger partial charge in [0.1, 0.15) is 23.6 Å². The van der Waals surface area contributed by atoms with Gasteiger partial charge in [-0.3, -0.25) is 14.9 Å². The van der Waals surface area contributed by atoms with Crippen LogP contribution in [0.15, 0.2) is 22.4 Å². The minimum absolute atomic E-state index is 0.351. The first-order valence-electron chi connectivity index (χ1n) is 7.75. The standard InChI is InChI=1S/C15H26N6O2/c1-14(2,3)23-13(22)21-10-5-7-15(21,4)12(16)18-19-20-9-6-8-17-11-20/h6,8-9,19H,5,7,10-11H2,1-4H3,(H2,16,18). The molecule has 8 heteroatoms. The van der Waals surface area contributed by atoms with Crippen molar-refractivity contribution in [2.75, 3.05) is 13.2 Å². The van der Waals surface area contributed by atoms with Crippen molar-refractivity contribution >= 4 is 18.1 Å². The second kappa shape index (κ2) is 6.47. The third-order valence-corrected chi connectivity index (χ3v) is 3.80. The van der Waals surface area contributed by atoms with Crippen molar-refractivity contribution in [2.45, 2.75) is 51.7 Å². The summed E-state index contributed by atoms with van der Waals surface area (Å²) in [5.74, 6) is 0.351. The maximum atomic E-state index is 12.4. The molecule has 0 radical (unpaired) electrons. The van der Waals surface area contributed by atoms with Crippen LogP contribution in [0.2, 0.25) is 0 Å². The molecule has 2 heterocycles. The molecule has 23 heavy (non-hydrogen) atoms. The summed E-state index contributed by atoms with van der Waals surface area (Å²) in [6.45, 7) is 8.52. The number of hydrazone groups is 1. The van der Waals surface area contributed by atoms with E-state index in [2.05, 4.69) is 15.6 Å². The minimum Gasteiger partial charge on any atom is -0.444 e. The molecule has 3 N–H and O–H groups in total. The van der Waals surface area contributed by atoms with Crippen LogP contribution in [0.25, 0.3) is 0 Å².